The lowest BCUT2D eigenvalue weighted by molar-refractivity contribution is -0.120. The predicted octanol–water partition coefficient (Wildman–Crippen LogP) is 2.95. The van der Waals surface area contributed by atoms with Crippen LogP contribution >= 0.6 is 11.6 Å². The second kappa shape index (κ2) is 8.31. The zero-order valence-corrected chi connectivity index (χ0v) is 14.1. The molecule has 6 nitrogen and oxygen atoms in total. The fraction of sp³-hybridized carbons (Fsp3) is 0.235. The molecule has 2 N–H and O–H groups in total. The summed E-state index contributed by atoms with van der Waals surface area (Å²) in [4.78, 5) is 27.7. The average Bonchev–Trinajstić information content (AvgIpc) is 2.56. The highest BCUT2D eigenvalue weighted by Gasteiger charge is 2.17. The molecule has 0 bridgehead atoms. The van der Waals surface area contributed by atoms with E-state index in [9.17, 15) is 9.59 Å². The van der Waals surface area contributed by atoms with Crippen molar-refractivity contribution in [2.75, 3.05) is 12.4 Å². The molecule has 0 unspecified atom stereocenters. The normalized spacial score (nSPS) is 11.5. The Morgan fingerprint density at radius 1 is 1.21 bits per heavy atom. The molecule has 1 aromatic carbocycles. The second-order valence-electron chi connectivity index (χ2n) is 5.14. The lowest BCUT2D eigenvalue weighted by Crippen LogP contribution is -2.29. The molecular formula is C17H18ClN3O3. The number of nitrogens with zero attached hydrogens (tertiary/aromatic N) is 1. The minimum atomic E-state index is -0.444. The van der Waals surface area contributed by atoms with E-state index in [1.807, 2.05) is 12.1 Å². The van der Waals surface area contributed by atoms with E-state index in [2.05, 4.69) is 15.6 Å². The summed E-state index contributed by atoms with van der Waals surface area (Å²) >= 11 is 5.76. The first-order valence-corrected chi connectivity index (χ1v) is 7.68. The van der Waals surface area contributed by atoms with Gasteiger partial charge in [-0.15, -0.1) is 0 Å². The molecule has 7 heteroatoms. The number of hydrogen-bond donors (Lipinski definition) is 2. The molecule has 2 aromatic rings. The number of rotatable bonds is 6. The molecule has 0 spiro atoms. The highest BCUT2D eigenvalue weighted by Crippen LogP contribution is 2.21. The first kappa shape index (κ1) is 17.7. The third-order valence-corrected chi connectivity index (χ3v) is 3.50. The largest absolute Gasteiger partial charge is 0.497 e. The van der Waals surface area contributed by atoms with Crippen molar-refractivity contribution in [2.45, 2.75) is 19.4 Å². The van der Waals surface area contributed by atoms with Gasteiger partial charge in [0.2, 0.25) is 11.8 Å². The number of halogens is 1. The number of aromatic nitrogens is 1. The summed E-state index contributed by atoms with van der Waals surface area (Å²) in [7, 11) is 1.58. The van der Waals surface area contributed by atoms with E-state index in [4.69, 9.17) is 16.3 Å². The Hall–Kier alpha value is -2.60. The molecule has 1 atom stereocenters. The molecule has 0 fully saturated rings. The Labute approximate surface area is 145 Å². The fourth-order valence-electron chi connectivity index (χ4n) is 2.16. The van der Waals surface area contributed by atoms with Gasteiger partial charge in [-0.1, -0.05) is 23.7 Å². The fourth-order valence-corrected chi connectivity index (χ4v) is 2.27. The molecule has 1 heterocycles. The van der Waals surface area contributed by atoms with Crippen molar-refractivity contribution in [3.05, 3.63) is 53.2 Å². The van der Waals surface area contributed by atoms with Gasteiger partial charge in [0.1, 0.15) is 11.6 Å². The number of hydrogen-bond acceptors (Lipinski definition) is 4. The Balaban J connectivity index is 2.08. The highest BCUT2D eigenvalue weighted by atomic mass is 35.5. The van der Waals surface area contributed by atoms with Crippen LogP contribution in [0.2, 0.25) is 5.02 Å². The molecule has 126 valence electrons. The van der Waals surface area contributed by atoms with Gasteiger partial charge >= 0.3 is 0 Å². The third kappa shape index (κ3) is 5.24. The summed E-state index contributed by atoms with van der Waals surface area (Å²) in [6, 6.07) is 9.99. The molecule has 0 saturated carbocycles. The van der Waals surface area contributed by atoms with Crippen LogP contribution in [0.25, 0.3) is 0 Å². The summed E-state index contributed by atoms with van der Waals surface area (Å²) < 4.78 is 5.11. The predicted molar refractivity (Wildman–Crippen MR) is 92.0 cm³/mol. The van der Waals surface area contributed by atoms with Crippen LogP contribution in [-0.2, 0) is 9.59 Å². The van der Waals surface area contributed by atoms with Gasteiger partial charge in [-0.05, 0) is 29.8 Å². The number of ether oxygens (including phenoxy) is 1. The van der Waals surface area contributed by atoms with E-state index in [1.165, 1.54) is 13.1 Å². The van der Waals surface area contributed by atoms with E-state index in [0.717, 1.165) is 5.56 Å². The Bertz CT molecular complexity index is 702. The van der Waals surface area contributed by atoms with E-state index in [1.54, 1.807) is 31.4 Å². The third-order valence-electron chi connectivity index (χ3n) is 3.28. The monoisotopic (exact) mass is 347 g/mol. The maximum Gasteiger partial charge on any atom is 0.227 e. The van der Waals surface area contributed by atoms with Gasteiger partial charge in [0.15, 0.2) is 0 Å². The van der Waals surface area contributed by atoms with Crippen molar-refractivity contribution < 1.29 is 14.3 Å². The van der Waals surface area contributed by atoms with Gasteiger partial charge in [-0.25, -0.2) is 4.98 Å². The molecule has 0 radical (unpaired) electrons. The van der Waals surface area contributed by atoms with Gasteiger partial charge in [0.05, 0.1) is 24.6 Å². The summed E-state index contributed by atoms with van der Waals surface area (Å²) in [5.41, 5.74) is 0.810. The lowest BCUT2D eigenvalue weighted by atomic mass is 10.0. The van der Waals surface area contributed by atoms with Gasteiger partial charge in [0.25, 0.3) is 0 Å². The van der Waals surface area contributed by atoms with Gasteiger partial charge in [-0.3, -0.25) is 9.59 Å². The van der Waals surface area contributed by atoms with Crippen molar-refractivity contribution in [3.8, 4) is 5.75 Å². The zero-order chi connectivity index (χ0) is 17.5. The number of methoxy groups -OCH3 is 1. The van der Waals surface area contributed by atoms with Crippen LogP contribution < -0.4 is 15.4 Å². The van der Waals surface area contributed by atoms with Crippen LogP contribution in [0.5, 0.6) is 5.75 Å². The number of benzene rings is 1. The first-order valence-electron chi connectivity index (χ1n) is 7.30. The van der Waals surface area contributed by atoms with E-state index in [0.29, 0.717) is 16.6 Å². The maximum absolute atomic E-state index is 12.2. The summed E-state index contributed by atoms with van der Waals surface area (Å²) in [5.74, 6) is 0.628. The zero-order valence-electron chi connectivity index (χ0n) is 13.4. The number of carbonyl (C=O) groups excluding carboxylic acids is 2. The molecule has 2 rings (SSSR count). The lowest BCUT2D eigenvalue weighted by Gasteiger charge is -2.18. The van der Waals surface area contributed by atoms with Crippen molar-refractivity contribution in [1.29, 1.82) is 0 Å². The number of nitrogens with one attached hydrogen (secondary N) is 2. The van der Waals surface area contributed by atoms with Crippen LogP contribution in [0.4, 0.5) is 5.82 Å². The van der Waals surface area contributed by atoms with Crippen LogP contribution in [0.15, 0.2) is 42.6 Å². The molecule has 0 saturated heterocycles. The molecule has 0 aliphatic carbocycles. The SMILES string of the molecule is COc1ccc([C@@H](CC(=O)Nc2ccc(Cl)cn2)NC(C)=O)cc1. The van der Waals surface area contributed by atoms with Crippen LogP contribution in [0.3, 0.4) is 0 Å². The van der Waals surface area contributed by atoms with E-state index < -0.39 is 6.04 Å². The van der Waals surface area contributed by atoms with Crippen LogP contribution in [0.1, 0.15) is 24.9 Å². The van der Waals surface area contributed by atoms with E-state index in [-0.39, 0.29) is 18.2 Å². The number of amides is 2. The Morgan fingerprint density at radius 3 is 2.46 bits per heavy atom. The standard InChI is InChI=1S/C17H18ClN3O3/c1-11(22)20-15(12-3-6-14(24-2)7-4-12)9-17(23)21-16-8-5-13(18)10-19-16/h3-8,10,15H,9H2,1-2H3,(H,20,22)(H,19,21,23)/t15-/m1/s1. The van der Waals surface area contributed by atoms with Crippen molar-refractivity contribution >= 4 is 29.2 Å². The molecule has 0 aliphatic heterocycles. The smallest absolute Gasteiger partial charge is 0.227 e. The molecule has 0 aliphatic rings. The van der Waals surface area contributed by atoms with Crippen molar-refractivity contribution in [3.63, 3.8) is 0 Å². The Kier molecular flexibility index (Phi) is 6.14. The number of carbonyl (C=O) groups is 2. The van der Waals surface area contributed by atoms with Gasteiger partial charge in [0, 0.05) is 13.1 Å². The van der Waals surface area contributed by atoms with Gasteiger partial charge in [-0.2, -0.15) is 0 Å². The van der Waals surface area contributed by atoms with Gasteiger partial charge < -0.3 is 15.4 Å². The minimum absolute atomic E-state index is 0.0796. The molecule has 2 amide bonds. The summed E-state index contributed by atoms with van der Waals surface area (Å²) in [6.45, 7) is 1.41. The first-order chi connectivity index (χ1) is 11.5. The highest BCUT2D eigenvalue weighted by molar-refractivity contribution is 6.30. The second-order valence-corrected chi connectivity index (χ2v) is 5.58. The topological polar surface area (TPSA) is 80.3 Å². The van der Waals surface area contributed by atoms with Crippen molar-refractivity contribution in [1.82, 2.24) is 10.3 Å². The number of pyridine rings is 1. The van der Waals surface area contributed by atoms with Crippen LogP contribution in [0, 0.1) is 0 Å². The quantitative estimate of drug-likeness (QED) is 0.841. The summed E-state index contributed by atoms with van der Waals surface area (Å²) in [6.07, 6.45) is 1.53. The average molecular weight is 348 g/mol. The molecular weight excluding hydrogens is 330 g/mol. The Morgan fingerprint density at radius 2 is 1.92 bits per heavy atom. The minimum Gasteiger partial charge on any atom is -0.497 e. The molecule has 24 heavy (non-hydrogen) atoms. The maximum atomic E-state index is 12.2. The van der Waals surface area contributed by atoms with Crippen LogP contribution in [-0.4, -0.2) is 23.9 Å². The summed E-state index contributed by atoms with van der Waals surface area (Å²) in [5, 5.41) is 5.95. The van der Waals surface area contributed by atoms with Crippen molar-refractivity contribution in [2.24, 2.45) is 0 Å². The number of anilines is 1. The molecule has 1 aromatic heterocycles. The van der Waals surface area contributed by atoms with E-state index >= 15 is 0 Å².